The molecule has 1 rings (SSSR count). The van der Waals surface area contributed by atoms with Crippen LogP contribution in [0.2, 0.25) is 0 Å². The number of hydrogen-bond acceptors (Lipinski definition) is 3. The van der Waals surface area contributed by atoms with Gasteiger partial charge in [0.15, 0.2) is 0 Å². The van der Waals surface area contributed by atoms with E-state index in [2.05, 4.69) is 17.7 Å². The number of nitrogens with two attached hydrogens (primary N) is 1. The summed E-state index contributed by atoms with van der Waals surface area (Å²) in [4.78, 5) is 0. The van der Waals surface area contributed by atoms with Gasteiger partial charge in [0.2, 0.25) is 5.84 Å². The van der Waals surface area contributed by atoms with Crippen molar-refractivity contribution in [1.29, 1.82) is 0 Å². The van der Waals surface area contributed by atoms with Crippen LogP contribution in [-0.4, -0.2) is 41.4 Å². The molecule has 1 fully saturated rings. The van der Waals surface area contributed by atoms with Crippen LogP contribution < -0.4 is 5.84 Å². The Morgan fingerprint density at radius 1 is 1.05 bits per heavy atom. The molecular weight excluding hydrogens is 292 g/mol. The van der Waals surface area contributed by atoms with Crippen molar-refractivity contribution in [2.75, 3.05) is 0 Å². The fourth-order valence-electron chi connectivity index (χ4n) is 1.42. The standard InChI is InChI=1S/C7H6F8N4/c1-17-19-3(18-16)6(12,13)7(14,15)4(8,9)2-5(19,10)11/h1-2,16H2/b18-3-. The van der Waals surface area contributed by atoms with Crippen molar-refractivity contribution < 1.29 is 35.1 Å². The van der Waals surface area contributed by atoms with Crippen molar-refractivity contribution in [3.8, 4) is 0 Å². The Balaban J connectivity index is 3.62. The van der Waals surface area contributed by atoms with Gasteiger partial charge in [-0.2, -0.15) is 50.3 Å². The molecule has 0 radical (unpaired) electrons. The molecule has 0 amide bonds. The topological polar surface area (TPSA) is 54.0 Å². The van der Waals surface area contributed by atoms with Gasteiger partial charge in [0, 0.05) is 6.72 Å². The molecule has 0 saturated carbocycles. The Bertz CT molecular complexity index is 417. The summed E-state index contributed by atoms with van der Waals surface area (Å²) in [6.07, 6.45) is -2.90. The van der Waals surface area contributed by atoms with Crippen molar-refractivity contribution in [2.24, 2.45) is 16.0 Å². The van der Waals surface area contributed by atoms with E-state index >= 15 is 0 Å². The van der Waals surface area contributed by atoms with Crippen LogP contribution in [0.15, 0.2) is 10.2 Å². The highest BCUT2D eigenvalue weighted by Gasteiger charge is 2.79. The van der Waals surface area contributed by atoms with Gasteiger partial charge < -0.3 is 5.84 Å². The minimum absolute atomic E-state index is 1.14. The zero-order valence-electron chi connectivity index (χ0n) is 8.86. The lowest BCUT2D eigenvalue weighted by Crippen LogP contribution is -2.58. The summed E-state index contributed by atoms with van der Waals surface area (Å²) in [6.45, 7) is 2.42. The Kier molecular flexibility index (Phi) is 3.20. The molecule has 0 unspecified atom stereocenters. The minimum atomic E-state index is -6.12. The smallest absolute Gasteiger partial charge is 0.321 e. The predicted octanol–water partition coefficient (Wildman–Crippen LogP) is 2.08. The average molecular weight is 298 g/mol. The van der Waals surface area contributed by atoms with Gasteiger partial charge >= 0.3 is 23.8 Å². The number of rotatable bonds is 1. The number of hydrogen-bond donors (Lipinski definition) is 1. The van der Waals surface area contributed by atoms with E-state index in [1.807, 2.05) is 5.10 Å². The summed E-state index contributed by atoms with van der Waals surface area (Å²) in [5.41, 5.74) is 0. The van der Waals surface area contributed by atoms with Gasteiger partial charge in [-0.1, -0.05) is 0 Å². The van der Waals surface area contributed by atoms with Crippen molar-refractivity contribution in [3.63, 3.8) is 0 Å². The Hall–Kier alpha value is -1.62. The predicted molar refractivity (Wildman–Crippen MR) is 47.4 cm³/mol. The lowest BCUT2D eigenvalue weighted by atomic mass is 10.0. The van der Waals surface area contributed by atoms with Crippen LogP contribution in [0.1, 0.15) is 6.42 Å². The van der Waals surface area contributed by atoms with Crippen molar-refractivity contribution >= 4 is 12.6 Å². The van der Waals surface area contributed by atoms with E-state index in [4.69, 9.17) is 0 Å². The molecule has 2 N–H and O–H groups in total. The summed E-state index contributed by atoms with van der Waals surface area (Å²) >= 11 is 0. The quantitative estimate of drug-likeness (QED) is 0.265. The molecule has 110 valence electrons. The second kappa shape index (κ2) is 3.93. The van der Waals surface area contributed by atoms with Gasteiger partial charge in [-0.3, -0.25) is 0 Å². The van der Waals surface area contributed by atoms with E-state index in [1.54, 1.807) is 0 Å². The molecule has 0 aromatic carbocycles. The lowest BCUT2D eigenvalue weighted by molar-refractivity contribution is -0.295. The van der Waals surface area contributed by atoms with E-state index in [1.165, 1.54) is 0 Å². The van der Waals surface area contributed by atoms with E-state index < -0.39 is 41.1 Å². The SMILES string of the molecule is C=NN1/C(=N\N)C(F)(F)C(F)(F)C(F)(F)CC1(F)F. The van der Waals surface area contributed by atoms with Crippen LogP contribution in [-0.2, 0) is 0 Å². The van der Waals surface area contributed by atoms with Gasteiger partial charge in [-0.15, -0.1) is 0 Å². The van der Waals surface area contributed by atoms with Gasteiger partial charge in [-0.25, -0.2) is 0 Å². The highest BCUT2D eigenvalue weighted by Crippen LogP contribution is 2.54. The Morgan fingerprint density at radius 3 is 1.89 bits per heavy atom. The zero-order valence-corrected chi connectivity index (χ0v) is 8.86. The van der Waals surface area contributed by atoms with Gasteiger partial charge in [0.1, 0.15) is 6.42 Å². The van der Waals surface area contributed by atoms with Crippen LogP contribution in [0.5, 0.6) is 0 Å². The molecular formula is C7H6F8N4. The van der Waals surface area contributed by atoms with E-state index in [0.717, 1.165) is 0 Å². The van der Waals surface area contributed by atoms with Gasteiger partial charge in [0.25, 0.3) is 0 Å². The number of amidine groups is 1. The molecule has 0 atom stereocenters. The van der Waals surface area contributed by atoms with Crippen LogP contribution in [0.25, 0.3) is 0 Å². The van der Waals surface area contributed by atoms with Gasteiger partial charge in [0.05, 0.1) is 0 Å². The number of hydrazone groups is 2. The maximum atomic E-state index is 13.3. The molecule has 19 heavy (non-hydrogen) atoms. The summed E-state index contributed by atoms with van der Waals surface area (Å²) in [7, 11) is 0. The molecule has 4 nitrogen and oxygen atoms in total. The van der Waals surface area contributed by atoms with Crippen molar-refractivity contribution in [1.82, 2.24) is 5.01 Å². The molecule has 1 aliphatic heterocycles. The van der Waals surface area contributed by atoms with Crippen LogP contribution in [0.4, 0.5) is 35.1 Å². The summed E-state index contributed by atoms with van der Waals surface area (Å²) in [5, 5.41) is 3.21. The van der Waals surface area contributed by atoms with Crippen LogP contribution in [0.3, 0.4) is 0 Å². The molecule has 0 aromatic heterocycles. The second-order valence-electron chi connectivity index (χ2n) is 3.60. The fourth-order valence-corrected chi connectivity index (χ4v) is 1.42. The summed E-state index contributed by atoms with van der Waals surface area (Å²) < 4.78 is 105. The first-order chi connectivity index (χ1) is 8.35. The first-order valence-corrected chi connectivity index (χ1v) is 4.41. The molecule has 0 aromatic rings. The van der Waals surface area contributed by atoms with E-state index in [0.29, 0.717) is 0 Å². The monoisotopic (exact) mass is 298 g/mol. The minimum Gasteiger partial charge on any atom is -0.321 e. The van der Waals surface area contributed by atoms with Gasteiger partial charge in [-0.05, 0) is 0 Å². The van der Waals surface area contributed by atoms with Crippen LogP contribution >= 0.6 is 0 Å². The first kappa shape index (κ1) is 15.4. The molecule has 1 saturated heterocycles. The fraction of sp³-hybridized carbons (Fsp3) is 0.714. The van der Waals surface area contributed by atoms with Crippen molar-refractivity contribution in [2.45, 2.75) is 30.2 Å². The molecule has 1 aliphatic rings. The molecule has 0 bridgehead atoms. The highest BCUT2D eigenvalue weighted by molar-refractivity contribution is 5.91. The Labute approximate surface area is 100 Å². The second-order valence-corrected chi connectivity index (χ2v) is 3.60. The molecule has 1 heterocycles. The highest BCUT2D eigenvalue weighted by atomic mass is 19.3. The van der Waals surface area contributed by atoms with Crippen LogP contribution in [0, 0.1) is 0 Å². The largest absolute Gasteiger partial charge is 0.379 e. The molecule has 0 spiro atoms. The first-order valence-electron chi connectivity index (χ1n) is 4.41. The van der Waals surface area contributed by atoms with Crippen molar-refractivity contribution in [3.05, 3.63) is 0 Å². The molecule has 12 heteroatoms. The molecule has 0 aliphatic carbocycles. The summed E-state index contributed by atoms with van der Waals surface area (Å²) in [5.74, 6) is -15.8. The van der Waals surface area contributed by atoms with E-state index in [-0.39, 0.29) is 0 Å². The third-order valence-electron chi connectivity index (χ3n) is 2.34. The zero-order chi connectivity index (χ0) is 15.3. The summed E-state index contributed by atoms with van der Waals surface area (Å²) in [6, 6.07) is -4.87. The Morgan fingerprint density at radius 2 is 1.53 bits per heavy atom. The maximum Gasteiger partial charge on any atom is 0.379 e. The third kappa shape index (κ3) is 1.89. The number of halogens is 8. The normalized spacial score (nSPS) is 29.9. The average Bonchev–Trinajstić information content (AvgIpc) is 2.24. The third-order valence-corrected chi connectivity index (χ3v) is 2.34. The lowest BCUT2D eigenvalue weighted by Gasteiger charge is -2.29. The van der Waals surface area contributed by atoms with E-state index in [9.17, 15) is 35.1 Å². The maximum absolute atomic E-state index is 13.3. The number of nitrogens with zero attached hydrogens (tertiary/aromatic N) is 3. The number of alkyl halides is 8.